The van der Waals surface area contributed by atoms with Crippen LogP contribution in [0.4, 0.5) is 13.2 Å². The van der Waals surface area contributed by atoms with Crippen molar-refractivity contribution in [3.8, 4) is 0 Å². The molecule has 1 fully saturated rings. The lowest BCUT2D eigenvalue weighted by Crippen LogP contribution is -2.37. The predicted octanol–water partition coefficient (Wildman–Crippen LogP) is 3.51. The highest BCUT2D eigenvalue weighted by atomic mass is 19.4. The third-order valence-electron chi connectivity index (χ3n) is 3.44. The number of hydrogen-bond acceptors (Lipinski definition) is 2. The van der Waals surface area contributed by atoms with E-state index >= 15 is 0 Å². The quantitative estimate of drug-likeness (QED) is 0.713. The van der Waals surface area contributed by atoms with Crippen molar-refractivity contribution in [1.82, 2.24) is 5.32 Å². The molecule has 0 aromatic rings. The van der Waals surface area contributed by atoms with Gasteiger partial charge in [0.15, 0.2) is 0 Å². The van der Waals surface area contributed by atoms with E-state index < -0.39 is 12.1 Å². The van der Waals surface area contributed by atoms with Gasteiger partial charge in [-0.25, -0.2) is 0 Å². The standard InChI is InChI=1S/C13H24F3NO/c1-2-9-18-10-3-8-17-12-6-4-11(5-7-12)13(14,15)16/h11-12,17H,2-10H2,1H3. The monoisotopic (exact) mass is 267 g/mol. The van der Waals surface area contributed by atoms with Gasteiger partial charge in [-0.3, -0.25) is 0 Å². The zero-order valence-electron chi connectivity index (χ0n) is 11.1. The van der Waals surface area contributed by atoms with E-state index in [1.165, 1.54) is 0 Å². The lowest BCUT2D eigenvalue weighted by atomic mass is 9.85. The fourth-order valence-corrected chi connectivity index (χ4v) is 2.35. The molecule has 0 radical (unpaired) electrons. The van der Waals surface area contributed by atoms with Crippen LogP contribution < -0.4 is 5.32 Å². The van der Waals surface area contributed by atoms with Crippen LogP contribution in [0.25, 0.3) is 0 Å². The SMILES string of the molecule is CCCOCCCNC1CCC(C(F)(F)F)CC1. The van der Waals surface area contributed by atoms with E-state index in [4.69, 9.17) is 4.74 Å². The molecule has 0 heterocycles. The Morgan fingerprint density at radius 2 is 1.78 bits per heavy atom. The minimum absolute atomic E-state index is 0.259. The Morgan fingerprint density at radius 3 is 2.33 bits per heavy atom. The smallest absolute Gasteiger partial charge is 0.381 e. The maximum absolute atomic E-state index is 12.5. The van der Waals surface area contributed by atoms with Crippen LogP contribution in [0.3, 0.4) is 0 Å². The zero-order valence-corrected chi connectivity index (χ0v) is 11.1. The number of ether oxygens (including phenoxy) is 1. The van der Waals surface area contributed by atoms with E-state index in [9.17, 15) is 13.2 Å². The summed E-state index contributed by atoms with van der Waals surface area (Å²) >= 11 is 0. The largest absolute Gasteiger partial charge is 0.391 e. The highest BCUT2D eigenvalue weighted by Crippen LogP contribution is 2.37. The van der Waals surface area contributed by atoms with E-state index in [1.54, 1.807) is 0 Å². The zero-order chi connectivity index (χ0) is 13.4. The Morgan fingerprint density at radius 1 is 1.11 bits per heavy atom. The molecule has 0 bridgehead atoms. The van der Waals surface area contributed by atoms with Gasteiger partial charge >= 0.3 is 6.18 Å². The minimum atomic E-state index is -4.00. The average molecular weight is 267 g/mol. The molecule has 0 aromatic carbocycles. The lowest BCUT2D eigenvalue weighted by molar-refractivity contribution is -0.182. The van der Waals surface area contributed by atoms with Crippen LogP contribution >= 0.6 is 0 Å². The molecule has 108 valence electrons. The summed E-state index contributed by atoms with van der Waals surface area (Å²) in [6.45, 7) is 4.43. The first-order chi connectivity index (χ1) is 8.54. The van der Waals surface area contributed by atoms with Gasteiger partial charge in [0, 0.05) is 19.3 Å². The van der Waals surface area contributed by atoms with Crippen molar-refractivity contribution in [3.63, 3.8) is 0 Å². The number of alkyl halides is 3. The number of halogens is 3. The molecule has 1 rings (SSSR count). The van der Waals surface area contributed by atoms with Crippen molar-refractivity contribution in [2.24, 2.45) is 5.92 Å². The van der Waals surface area contributed by atoms with E-state index in [0.717, 1.165) is 32.6 Å². The van der Waals surface area contributed by atoms with Gasteiger partial charge in [-0.2, -0.15) is 13.2 Å². The summed E-state index contributed by atoms with van der Waals surface area (Å²) in [5.74, 6) is -1.08. The predicted molar refractivity (Wildman–Crippen MR) is 65.5 cm³/mol. The van der Waals surface area contributed by atoms with E-state index in [1.807, 2.05) is 0 Å². The summed E-state index contributed by atoms with van der Waals surface area (Å²) in [7, 11) is 0. The van der Waals surface area contributed by atoms with E-state index in [0.29, 0.717) is 12.8 Å². The summed E-state index contributed by atoms with van der Waals surface area (Å²) in [6, 6.07) is 0.259. The fourth-order valence-electron chi connectivity index (χ4n) is 2.35. The molecule has 18 heavy (non-hydrogen) atoms. The maximum Gasteiger partial charge on any atom is 0.391 e. The third-order valence-corrected chi connectivity index (χ3v) is 3.44. The molecule has 1 aliphatic carbocycles. The molecule has 1 saturated carbocycles. The van der Waals surface area contributed by atoms with Crippen molar-refractivity contribution in [3.05, 3.63) is 0 Å². The molecule has 0 amide bonds. The molecule has 1 N–H and O–H groups in total. The molecule has 0 aliphatic heterocycles. The molecule has 5 heteroatoms. The minimum Gasteiger partial charge on any atom is -0.381 e. The van der Waals surface area contributed by atoms with Crippen LogP contribution in [-0.2, 0) is 4.74 Å². The Bertz CT molecular complexity index is 213. The molecule has 0 spiro atoms. The van der Waals surface area contributed by atoms with Crippen LogP contribution in [-0.4, -0.2) is 32.0 Å². The number of hydrogen-bond donors (Lipinski definition) is 1. The Balaban J connectivity index is 2.02. The molecule has 2 nitrogen and oxygen atoms in total. The van der Waals surface area contributed by atoms with Crippen molar-refractivity contribution in [2.75, 3.05) is 19.8 Å². The highest BCUT2D eigenvalue weighted by molar-refractivity contribution is 4.80. The van der Waals surface area contributed by atoms with Crippen molar-refractivity contribution in [2.45, 2.75) is 57.7 Å². The van der Waals surface area contributed by atoms with Gasteiger partial charge in [-0.05, 0) is 45.1 Å². The van der Waals surface area contributed by atoms with Crippen LogP contribution in [0.5, 0.6) is 0 Å². The van der Waals surface area contributed by atoms with Gasteiger partial charge in [-0.1, -0.05) is 6.92 Å². The molecule has 0 unspecified atom stereocenters. The summed E-state index contributed by atoms with van der Waals surface area (Å²) in [5.41, 5.74) is 0. The van der Waals surface area contributed by atoms with Crippen molar-refractivity contribution >= 4 is 0 Å². The fraction of sp³-hybridized carbons (Fsp3) is 1.00. The van der Waals surface area contributed by atoms with Crippen LogP contribution in [0, 0.1) is 5.92 Å². The van der Waals surface area contributed by atoms with Gasteiger partial charge in [0.1, 0.15) is 0 Å². The van der Waals surface area contributed by atoms with Crippen LogP contribution in [0.2, 0.25) is 0 Å². The second-order valence-corrected chi connectivity index (χ2v) is 5.01. The Hall–Kier alpha value is -0.290. The van der Waals surface area contributed by atoms with E-state index in [-0.39, 0.29) is 18.9 Å². The highest BCUT2D eigenvalue weighted by Gasteiger charge is 2.41. The Kier molecular flexibility index (Phi) is 7.00. The van der Waals surface area contributed by atoms with Gasteiger partial charge in [0.25, 0.3) is 0 Å². The molecular weight excluding hydrogens is 243 g/mol. The van der Waals surface area contributed by atoms with Gasteiger partial charge in [-0.15, -0.1) is 0 Å². The summed E-state index contributed by atoms with van der Waals surface area (Å²) in [5, 5.41) is 3.32. The van der Waals surface area contributed by atoms with Gasteiger partial charge in [0.05, 0.1) is 5.92 Å². The normalized spacial score (nSPS) is 25.3. The first-order valence-corrected chi connectivity index (χ1v) is 6.92. The number of nitrogens with one attached hydrogen (secondary N) is 1. The van der Waals surface area contributed by atoms with Crippen LogP contribution in [0.15, 0.2) is 0 Å². The third kappa shape index (κ3) is 6.05. The first-order valence-electron chi connectivity index (χ1n) is 6.92. The first kappa shape index (κ1) is 15.8. The molecule has 0 atom stereocenters. The Labute approximate surface area is 107 Å². The molecule has 1 aliphatic rings. The van der Waals surface area contributed by atoms with Gasteiger partial charge in [0.2, 0.25) is 0 Å². The average Bonchev–Trinajstić information content (AvgIpc) is 2.33. The van der Waals surface area contributed by atoms with Crippen molar-refractivity contribution in [1.29, 1.82) is 0 Å². The molecular formula is C13H24F3NO. The maximum atomic E-state index is 12.5. The summed E-state index contributed by atoms with van der Waals surface area (Å²) in [6.07, 6.45) is -0.228. The number of rotatable bonds is 7. The van der Waals surface area contributed by atoms with E-state index in [2.05, 4.69) is 12.2 Å². The lowest BCUT2D eigenvalue weighted by Gasteiger charge is -2.30. The van der Waals surface area contributed by atoms with Crippen molar-refractivity contribution < 1.29 is 17.9 Å². The summed E-state index contributed by atoms with van der Waals surface area (Å²) < 4.78 is 42.7. The van der Waals surface area contributed by atoms with Gasteiger partial charge < -0.3 is 10.1 Å². The second kappa shape index (κ2) is 8.00. The topological polar surface area (TPSA) is 21.3 Å². The summed E-state index contributed by atoms with van der Waals surface area (Å²) in [4.78, 5) is 0. The second-order valence-electron chi connectivity index (χ2n) is 5.01. The van der Waals surface area contributed by atoms with Crippen LogP contribution in [0.1, 0.15) is 45.4 Å². The molecule has 0 aromatic heterocycles. The molecule has 0 saturated heterocycles.